The maximum absolute atomic E-state index is 9.64. The van der Waals surface area contributed by atoms with E-state index in [4.69, 9.17) is 39.9 Å². The summed E-state index contributed by atoms with van der Waals surface area (Å²) in [5, 5.41) is 39.5. The van der Waals surface area contributed by atoms with Gasteiger partial charge in [0.15, 0.2) is 0 Å². The van der Waals surface area contributed by atoms with Gasteiger partial charge < -0.3 is 30.3 Å². The van der Waals surface area contributed by atoms with Crippen LogP contribution in [-0.2, 0) is 24.0 Å². The summed E-state index contributed by atoms with van der Waals surface area (Å²) in [6.07, 6.45) is -0.593. The van der Waals surface area contributed by atoms with Crippen molar-refractivity contribution < 1.29 is 79.1 Å². The van der Waals surface area contributed by atoms with Gasteiger partial charge in [-0.05, 0) is 6.92 Å². The second-order valence-electron chi connectivity index (χ2n) is 2.82. The number of rotatable bonds is 3. The van der Waals surface area contributed by atoms with Gasteiger partial charge in [-0.2, -0.15) is 0 Å². The molecule has 0 amide bonds. The third-order valence-corrected chi connectivity index (χ3v) is 0.553. The molecule has 0 heterocycles. The molecule has 0 aromatic carbocycles. The van der Waals surface area contributed by atoms with Crippen molar-refractivity contribution >= 4 is 29.8 Å². The summed E-state index contributed by atoms with van der Waals surface area (Å²) in [5.74, 6) is -4.90. The average Bonchev–Trinajstić information content (AvgIpc) is 2.11. The first-order valence-corrected chi connectivity index (χ1v) is 4.83. The molecule has 21 heavy (non-hydrogen) atoms. The summed E-state index contributed by atoms with van der Waals surface area (Å²) in [4.78, 5) is 46.2. The Balaban J connectivity index is -0.0000000570. The molecule has 0 saturated carbocycles. The zero-order chi connectivity index (χ0) is 17.3. The van der Waals surface area contributed by atoms with Crippen molar-refractivity contribution in [1.29, 1.82) is 0 Å². The first kappa shape index (κ1) is 31.6. The molecule has 0 aliphatic rings. The van der Waals surface area contributed by atoms with Gasteiger partial charge in [-0.15, -0.1) is 0 Å². The first-order chi connectivity index (χ1) is 8.82. The van der Waals surface area contributed by atoms with Crippen LogP contribution in [0.2, 0.25) is 0 Å². The van der Waals surface area contributed by atoms with E-state index in [1.165, 1.54) is 0 Å². The molecule has 10 nitrogen and oxygen atoms in total. The quantitative estimate of drug-likeness (QED) is 0.371. The zero-order valence-electron chi connectivity index (χ0n) is 12.2. The molecular formula is C10H17NaO10. The van der Waals surface area contributed by atoms with Crippen molar-refractivity contribution in [3.8, 4) is 0 Å². The van der Waals surface area contributed by atoms with Gasteiger partial charge in [0, 0.05) is 19.8 Å². The maximum Gasteiger partial charge on any atom is 1.00 e. The minimum Gasteiger partial charge on any atom is -0.550 e. The number of hydrogen-bond acceptors (Lipinski definition) is 6. The molecule has 0 rings (SSSR count). The summed E-state index contributed by atoms with van der Waals surface area (Å²) in [5.41, 5.74) is 0. The Kier molecular flexibility index (Phi) is 35.3. The van der Waals surface area contributed by atoms with Crippen molar-refractivity contribution in [2.75, 3.05) is 0 Å². The van der Waals surface area contributed by atoms with Crippen molar-refractivity contribution in [3.05, 3.63) is 0 Å². The monoisotopic (exact) mass is 320 g/mol. The number of hydrogen-bond donors (Lipinski definition) is 4. The van der Waals surface area contributed by atoms with Gasteiger partial charge in [0.05, 0.1) is 12.8 Å². The van der Waals surface area contributed by atoms with Crippen LogP contribution in [0.5, 0.6) is 0 Å². The average molecular weight is 320 g/mol. The molecule has 0 saturated heterocycles. The third kappa shape index (κ3) is 437. The molecule has 0 radical (unpaired) electrons. The molecule has 4 N–H and O–H groups in total. The van der Waals surface area contributed by atoms with Gasteiger partial charge in [-0.25, -0.2) is 0 Å². The second kappa shape index (κ2) is 23.4. The standard InChI is InChI=1S/C4H6O4.3C2H4O2.Na/c5-3(6)1-2-4(7)8;3*1-2(3)4;/h1-2H2,(H,5,6)(H,7,8);3*1H3,(H,3,4);/q;;;;+1/p-1. The van der Waals surface area contributed by atoms with E-state index in [1.807, 2.05) is 0 Å². The number of aliphatic carboxylic acids is 5. The van der Waals surface area contributed by atoms with E-state index in [2.05, 4.69) is 0 Å². The van der Waals surface area contributed by atoms with Crippen molar-refractivity contribution in [1.82, 2.24) is 0 Å². The summed E-state index contributed by atoms with van der Waals surface area (Å²) in [6, 6.07) is 0. The Morgan fingerprint density at radius 2 is 0.810 bits per heavy atom. The van der Waals surface area contributed by atoms with Crippen molar-refractivity contribution in [2.24, 2.45) is 0 Å². The summed E-state index contributed by atoms with van der Waals surface area (Å²) < 4.78 is 0. The fourth-order valence-electron chi connectivity index (χ4n) is 0.214. The van der Waals surface area contributed by atoms with Crippen LogP contribution in [0.25, 0.3) is 0 Å². The molecular weight excluding hydrogens is 303 g/mol. The maximum atomic E-state index is 9.64. The molecule has 0 unspecified atom stereocenters. The van der Waals surface area contributed by atoms with E-state index < -0.39 is 29.8 Å². The van der Waals surface area contributed by atoms with Crippen LogP contribution in [0, 0.1) is 0 Å². The molecule has 11 heteroatoms. The largest absolute Gasteiger partial charge is 1.00 e. The van der Waals surface area contributed by atoms with Gasteiger partial charge in [-0.1, -0.05) is 0 Å². The van der Waals surface area contributed by atoms with Crippen LogP contribution in [-0.4, -0.2) is 50.3 Å². The predicted octanol–water partition coefficient (Wildman–Crippen LogP) is -4.12. The number of carbonyl (C=O) groups excluding carboxylic acids is 1. The van der Waals surface area contributed by atoms with Crippen LogP contribution in [0.1, 0.15) is 33.6 Å². The van der Waals surface area contributed by atoms with Gasteiger partial charge >= 0.3 is 41.5 Å². The summed E-state index contributed by atoms with van der Waals surface area (Å²) >= 11 is 0. The fraction of sp³-hybridized carbons (Fsp3) is 0.500. The van der Waals surface area contributed by atoms with E-state index >= 15 is 0 Å². The predicted molar refractivity (Wildman–Crippen MR) is 61.8 cm³/mol. The summed E-state index contributed by atoms with van der Waals surface area (Å²) in [7, 11) is 0. The van der Waals surface area contributed by atoms with Crippen LogP contribution in [0.4, 0.5) is 0 Å². The van der Waals surface area contributed by atoms with Gasteiger partial charge in [0.1, 0.15) is 0 Å². The second-order valence-corrected chi connectivity index (χ2v) is 2.82. The molecule has 118 valence electrons. The van der Waals surface area contributed by atoms with Crippen LogP contribution < -0.4 is 34.7 Å². The Morgan fingerprint density at radius 1 is 0.714 bits per heavy atom. The smallest absolute Gasteiger partial charge is 0.550 e. The topological polar surface area (TPSA) is 189 Å². The van der Waals surface area contributed by atoms with E-state index in [9.17, 15) is 9.59 Å². The Labute approximate surface area is 142 Å². The molecule has 0 aliphatic heterocycles. The van der Waals surface area contributed by atoms with Gasteiger partial charge in [-0.3, -0.25) is 19.2 Å². The number of carboxylic acids is 5. The van der Waals surface area contributed by atoms with E-state index in [1.54, 1.807) is 0 Å². The third-order valence-electron chi connectivity index (χ3n) is 0.553. The molecule has 0 aromatic rings. The number of carboxylic acid groups (broad SMARTS) is 5. The Hall–Kier alpha value is -1.65. The molecule has 0 spiro atoms. The Bertz CT molecular complexity index is 271. The minimum atomic E-state index is -1.08. The molecule has 0 aliphatic carbocycles. The molecule has 0 bridgehead atoms. The minimum absolute atomic E-state index is 0. The number of carbonyl (C=O) groups is 5. The fourth-order valence-corrected chi connectivity index (χ4v) is 0.214. The first-order valence-electron chi connectivity index (χ1n) is 4.83. The van der Waals surface area contributed by atoms with Crippen LogP contribution >= 0.6 is 0 Å². The van der Waals surface area contributed by atoms with Crippen molar-refractivity contribution in [2.45, 2.75) is 33.6 Å². The summed E-state index contributed by atoms with van der Waals surface area (Å²) in [6.45, 7) is 3.14. The van der Waals surface area contributed by atoms with Crippen LogP contribution in [0.3, 0.4) is 0 Å². The normalized spacial score (nSPS) is 6.81. The van der Waals surface area contributed by atoms with E-state index in [-0.39, 0.29) is 42.4 Å². The van der Waals surface area contributed by atoms with E-state index in [0.717, 1.165) is 20.8 Å². The molecule has 0 aromatic heterocycles. The van der Waals surface area contributed by atoms with E-state index in [0.29, 0.717) is 0 Å². The van der Waals surface area contributed by atoms with Gasteiger partial charge in [0.2, 0.25) is 0 Å². The van der Waals surface area contributed by atoms with Crippen LogP contribution in [0.15, 0.2) is 0 Å². The van der Waals surface area contributed by atoms with Crippen molar-refractivity contribution in [3.63, 3.8) is 0 Å². The molecule has 0 fully saturated rings. The Morgan fingerprint density at radius 3 is 0.857 bits per heavy atom. The van der Waals surface area contributed by atoms with Gasteiger partial charge in [0.25, 0.3) is 11.9 Å². The molecule has 0 atom stereocenters. The zero-order valence-corrected chi connectivity index (χ0v) is 14.2. The SMILES string of the molecule is CC(=O)O.CC(=O)O.CC(=O)[O-].O=C(O)CCC(=O)O.[Na+].